The van der Waals surface area contributed by atoms with Crippen LogP contribution >= 0.6 is 27.5 Å². The Morgan fingerprint density at radius 3 is 3.10 bits per heavy atom. The number of halogens is 2. The Kier molecular flexibility index (Phi) is 4.31. The van der Waals surface area contributed by atoms with Gasteiger partial charge in [-0.05, 0) is 25.2 Å². The highest BCUT2D eigenvalue weighted by Gasteiger charge is 2.20. The summed E-state index contributed by atoms with van der Waals surface area (Å²) in [4.78, 5) is 6.89. The smallest absolute Gasteiger partial charge is 0.124 e. The van der Waals surface area contributed by atoms with Crippen LogP contribution in [-0.4, -0.2) is 47.3 Å². The van der Waals surface area contributed by atoms with Crippen molar-refractivity contribution in [2.45, 2.75) is 18.5 Å². The molecule has 1 aromatic carbocycles. The number of benzene rings is 1. The summed E-state index contributed by atoms with van der Waals surface area (Å²) in [6.07, 6.45) is 0.187. The van der Waals surface area contributed by atoms with Gasteiger partial charge >= 0.3 is 0 Å². The molecule has 20 heavy (non-hydrogen) atoms. The SMILES string of the molecule is CN1CCOC(Cn2c(CCl)nc3ccc(Br)cc32)C1. The van der Waals surface area contributed by atoms with Crippen molar-refractivity contribution >= 4 is 38.6 Å². The summed E-state index contributed by atoms with van der Waals surface area (Å²) in [6, 6.07) is 6.10. The van der Waals surface area contributed by atoms with Crippen molar-refractivity contribution in [3.63, 3.8) is 0 Å². The zero-order valence-electron chi connectivity index (χ0n) is 11.4. The first-order chi connectivity index (χ1) is 9.67. The molecule has 6 heteroatoms. The number of hydrogen-bond acceptors (Lipinski definition) is 3. The molecular weight excluding hydrogens is 342 g/mol. The summed E-state index contributed by atoms with van der Waals surface area (Å²) >= 11 is 9.56. The molecule has 3 rings (SSSR count). The lowest BCUT2D eigenvalue weighted by Crippen LogP contribution is -2.42. The molecule has 2 aromatic rings. The fraction of sp³-hybridized carbons (Fsp3) is 0.500. The molecule has 1 fully saturated rings. The van der Waals surface area contributed by atoms with Crippen LogP contribution in [0, 0.1) is 0 Å². The molecule has 1 saturated heterocycles. The zero-order valence-corrected chi connectivity index (χ0v) is 13.7. The van der Waals surface area contributed by atoms with Crippen LogP contribution in [0.3, 0.4) is 0 Å². The van der Waals surface area contributed by atoms with Crippen molar-refractivity contribution < 1.29 is 4.74 Å². The van der Waals surface area contributed by atoms with Crippen LogP contribution in [0.5, 0.6) is 0 Å². The third-order valence-electron chi connectivity index (χ3n) is 3.64. The van der Waals surface area contributed by atoms with Gasteiger partial charge in [0.15, 0.2) is 0 Å². The van der Waals surface area contributed by atoms with Gasteiger partial charge in [0.05, 0.1) is 36.2 Å². The highest BCUT2D eigenvalue weighted by Crippen LogP contribution is 2.23. The molecule has 1 aliphatic heterocycles. The summed E-state index contributed by atoms with van der Waals surface area (Å²) in [6.45, 7) is 3.51. The van der Waals surface area contributed by atoms with E-state index in [0.717, 1.165) is 47.6 Å². The zero-order chi connectivity index (χ0) is 14.1. The maximum atomic E-state index is 6.04. The minimum absolute atomic E-state index is 0.187. The monoisotopic (exact) mass is 357 g/mol. The Morgan fingerprint density at radius 1 is 1.50 bits per heavy atom. The Hall–Kier alpha value is -0.620. The molecule has 0 aliphatic carbocycles. The van der Waals surface area contributed by atoms with Crippen molar-refractivity contribution in [1.29, 1.82) is 0 Å². The van der Waals surface area contributed by atoms with Crippen LogP contribution < -0.4 is 0 Å². The Balaban J connectivity index is 1.94. The quantitative estimate of drug-likeness (QED) is 0.790. The van der Waals surface area contributed by atoms with E-state index in [1.54, 1.807) is 0 Å². The van der Waals surface area contributed by atoms with Crippen molar-refractivity contribution in [3.05, 3.63) is 28.5 Å². The summed E-state index contributed by atoms with van der Waals surface area (Å²) in [5.41, 5.74) is 2.08. The summed E-state index contributed by atoms with van der Waals surface area (Å²) < 4.78 is 9.08. The van der Waals surface area contributed by atoms with Gasteiger partial charge in [-0.2, -0.15) is 0 Å². The first-order valence-corrected chi connectivity index (χ1v) is 8.01. The van der Waals surface area contributed by atoms with Crippen molar-refractivity contribution in [2.24, 2.45) is 0 Å². The fourth-order valence-electron chi connectivity index (χ4n) is 2.63. The molecule has 1 unspecified atom stereocenters. The van der Waals surface area contributed by atoms with E-state index in [1.807, 2.05) is 12.1 Å². The van der Waals surface area contributed by atoms with E-state index < -0.39 is 0 Å². The predicted molar refractivity (Wildman–Crippen MR) is 84.2 cm³/mol. The number of nitrogens with zero attached hydrogens (tertiary/aromatic N) is 3. The van der Waals surface area contributed by atoms with Gasteiger partial charge in [-0.25, -0.2) is 4.98 Å². The molecule has 1 aromatic heterocycles. The van der Waals surface area contributed by atoms with Gasteiger partial charge in [-0.15, -0.1) is 11.6 Å². The van der Waals surface area contributed by atoms with Gasteiger partial charge in [0, 0.05) is 17.6 Å². The van der Waals surface area contributed by atoms with Crippen LogP contribution in [0.4, 0.5) is 0 Å². The average Bonchev–Trinajstić information content (AvgIpc) is 2.76. The number of fused-ring (bicyclic) bond motifs is 1. The summed E-state index contributed by atoms with van der Waals surface area (Å²) in [7, 11) is 2.13. The number of aromatic nitrogens is 2. The lowest BCUT2D eigenvalue weighted by Gasteiger charge is -2.30. The largest absolute Gasteiger partial charge is 0.374 e. The third kappa shape index (κ3) is 2.86. The molecule has 0 radical (unpaired) electrons. The number of morpholine rings is 1. The Bertz CT molecular complexity index is 616. The predicted octanol–water partition coefficient (Wildman–Crippen LogP) is 2.87. The van der Waals surface area contributed by atoms with E-state index in [1.165, 1.54) is 0 Å². The summed E-state index contributed by atoms with van der Waals surface area (Å²) in [5, 5.41) is 0. The van der Waals surface area contributed by atoms with Gasteiger partial charge in [-0.1, -0.05) is 15.9 Å². The van der Waals surface area contributed by atoms with Crippen molar-refractivity contribution in [3.8, 4) is 0 Å². The molecule has 1 atom stereocenters. The molecule has 0 spiro atoms. The van der Waals surface area contributed by atoms with Crippen LogP contribution in [0.2, 0.25) is 0 Å². The Morgan fingerprint density at radius 2 is 2.35 bits per heavy atom. The van der Waals surface area contributed by atoms with E-state index in [0.29, 0.717) is 5.88 Å². The van der Waals surface area contributed by atoms with Gasteiger partial charge in [-0.3, -0.25) is 0 Å². The lowest BCUT2D eigenvalue weighted by atomic mass is 10.2. The number of alkyl halides is 1. The molecule has 4 nitrogen and oxygen atoms in total. The van der Waals surface area contributed by atoms with Gasteiger partial charge in [0.25, 0.3) is 0 Å². The maximum Gasteiger partial charge on any atom is 0.124 e. The normalized spacial score (nSPS) is 20.6. The second-order valence-corrected chi connectivity index (χ2v) is 6.34. The van der Waals surface area contributed by atoms with Crippen molar-refractivity contribution in [1.82, 2.24) is 14.5 Å². The van der Waals surface area contributed by atoms with Crippen LogP contribution in [0.15, 0.2) is 22.7 Å². The minimum atomic E-state index is 0.187. The lowest BCUT2D eigenvalue weighted by molar-refractivity contribution is -0.0272. The molecule has 0 amide bonds. The molecule has 0 bridgehead atoms. The summed E-state index contributed by atoms with van der Waals surface area (Å²) in [5.74, 6) is 1.31. The average molecular weight is 359 g/mol. The van der Waals surface area contributed by atoms with E-state index in [9.17, 15) is 0 Å². The molecule has 1 aliphatic rings. The van der Waals surface area contributed by atoms with Crippen LogP contribution in [-0.2, 0) is 17.2 Å². The van der Waals surface area contributed by atoms with Gasteiger partial charge in [0.1, 0.15) is 5.82 Å². The number of likely N-dealkylation sites (N-methyl/N-ethyl adjacent to an activating group) is 1. The van der Waals surface area contributed by atoms with E-state index >= 15 is 0 Å². The number of rotatable bonds is 3. The topological polar surface area (TPSA) is 30.3 Å². The second kappa shape index (κ2) is 6.02. The van der Waals surface area contributed by atoms with Gasteiger partial charge < -0.3 is 14.2 Å². The first-order valence-electron chi connectivity index (χ1n) is 6.68. The standard InChI is InChI=1S/C14H17BrClN3O/c1-18-4-5-20-11(8-18)9-19-13-6-10(15)2-3-12(13)17-14(19)7-16/h2-3,6,11H,4-5,7-9H2,1H3. The van der Waals surface area contributed by atoms with E-state index in [4.69, 9.17) is 16.3 Å². The highest BCUT2D eigenvalue weighted by molar-refractivity contribution is 9.10. The number of hydrogen-bond donors (Lipinski definition) is 0. The molecule has 108 valence electrons. The molecule has 0 saturated carbocycles. The van der Waals surface area contributed by atoms with Crippen LogP contribution in [0.25, 0.3) is 11.0 Å². The highest BCUT2D eigenvalue weighted by atomic mass is 79.9. The fourth-order valence-corrected chi connectivity index (χ4v) is 3.19. The Labute approximate surface area is 131 Å². The second-order valence-electron chi connectivity index (χ2n) is 5.16. The van der Waals surface area contributed by atoms with Crippen molar-refractivity contribution in [2.75, 3.05) is 26.7 Å². The van der Waals surface area contributed by atoms with E-state index in [-0.39, 0.29) is 6.10 Å². The van der Waals surface area contributed by atoms with E-state index in [2.05, 4.69) is 43.5 Å². The molecular formula is C14H17BrClN3O. The number of imidazole rings is 1. The van der Waals surface area contributed by atoms with Gasteiger partial charge in [0.2, 0.25) is 0 Å². The van der Waals surface area contributed by atoms with Crippen LogP contribution in [0.1, 0.15) is 5.82 Å². The minimum Gasteiger partial charge on any atom is -0.374 e. The first kappa shape index (κ1) is 14.3. The number of ether oxygens (including phenoxy) is 1. The molecule has 0 N–H and O–H groups in total. The third-order valence-corrected chi connectivity index (χ3v) is 4.37. The maximum absolute atomic E-state index is 6.04. The molecule has 2 heterocycles.